The van der Waals surface area contributed by atoms with Gasteiger partial charge >= 0.3 is 5.97 Å². The maximum atomic E-state index is 11.2. The molecule has 4 heteroatoms. The molecule has 0 saturated heterocycles. The van der Waals surface area contributed by atoms with Crippen LogP contribution in [0.4, 0.5) is 0 Å². The first-order chi connectivity index (χ1) is 8.08. The van der Waals surface area contributed by atoms with Crippen LogP contribution in [0.5, 0.6) is 0 Å². The zero-order valence-electron chi connectivity index (χ0n) is 9.38. The van der Waals surface area contributed by atoms with Crippen LogP contribution in [0.15, 0.2) is 36.5 Å². The van der Waals surface area contributed by atoms with Crippen LogP contribution in [0.2, 0.25) is 0 Å². The molecule has 0 atom stereocenters. The normalized spacial score (nSPS) is 10.4. The van der Waals surface area contributed by atoms with Crippen molar-refractivity contribution in [1.82, 2.24) is 0 Å². The monoisotopic (exact) mass is 230 g/mol. The second kappa shape index (κ2) is 4.33. The van der Waals surface area contributed by atoms with E-state index in [1.807, 2.05) is 24.3 Å². The highest BCUT2D eigenvalue weighted by Gasteiger charge is 2.16. The van der Waals surface area contributed by atoms with Gasteiger partial charge in [0.15, 0.2) is 12.0 Å². The number of rotatable bonds is 3. The van der Waals surface area contributed by atoms with Gasteiger partial charge in [0.05, 0.1) is 0 Å². The zero-order chi connectivity index (χ0) is 12.4. The summed E-state index contributed by atoms with van der Waals surface area (Å²) >= 11 is 0. The minimum atomic E-state index is -0.993. The molecule has 1 aromatic carbocycles. The number of carboxylic acid groups (broad SMARTS) is 1. The lowest BCUT2D eigenvalue weighted by molar-refractivity contribution is -0.658. The molecular weight excluding hydrogens is 218 g/mol. The number of ketones is 1. The van der Waals surface area contributed by atoms with Crippen molar-refractivity contribution in [2.75, 3.05) is 0 Å². The van der Waals surface area contributed by atoms with Crippen molar-refractivity contribution in [1.29, 1.82) is 0 Å². The predicted molar refractivity (Wildman–Crippen MR) is 61.8 cm³/mol. The van der Waals surface area contributed by atoms with E-state index in [1.165, 1.54) is 13.1 Å². The fourth-order valence-corrected chi connectivity index (χ4v) is 1.80. The van der Waals surface area contributed by atoms with Crippen LogP contribution in [-0.4, -0.2) is 16.9 Å². The molecule has 0 unspecified atom stereocenters. The summed E-state index contributed by atoms with van der Waals surface area (Å²) in [5, 5.41) is 9.82. The third-order valence-corrected chi connectivity index (χ3v) is 2.49. The SMILES string of the molecule is CC(=O)C[n+]1cc(C(=O)O)cc2ccccc21. The first-order valence-corrected chi connectivity index (χ1v) is 5.23. The molecule has 2 aromatic rings. The third kappa shape index (κ3) is 2.30. The second-order valence-corrected chi connectivity index (χ2v) is 3.92. The number of carbonyl (C=O) groups is 2. The minimum absolute atomic E-state index is 0.0114. The zero-order valence-corrected chi connectivity index (χ0v) is 9.38. The van der Waals surface area contributed by atoms with Crippen LogP contribution in [0.25, 0.3) is 10.9 Å². The van der Waals surface area contributed by atoms with Gasteiger partial charge in [-0.05, 0) is 12.1 Å². The van der Waals surface area contributed by atoms with E-state index in [0.717, 1.165) is 10.9 Å². The Morgan fingerprint density at radius 2 is 2.00 bits per heavy atom. The average molecular weight is 230 g/mol. The van der Waals surface area contributed by atoms with E-state index < -0.39 is 5.97 Å². The van der Waals surface area contributed by atoms with Crippen molar-refractivity contribution in [2.24, 2.45) is 0 Å². The first-order valence-electron chi connectivity index (χ1n) is 5.23. The molecule has 0 radical (unpaired) electrons. The molecular formula is C13H12NO3+. The standard InChI is InChI=1S/C13H11NO3/c1-9(15)7-14-8-11(13(16)17)6-10-4-2-3-5-12(10)14/h2-6,8H,7H2,1H3/p+1. The summed E-state index contributed by atoms with van der Waals surface area (Å²) in [5.41, 5.74) is 1.04. The first kappa shape index (κ1) is 11.3. The summed E-state index contributed by atoms with van der Waals surface area (Å²) in [5.74, 6) is -1.00. The lowest BCUT2D eigenvalue weighted by atomic mass is 10.1. The van der Waals surface area contributed by atoms with E-state index in [0.29, 0.717) is 0 Å². The largest absolute Gasteiger partial charge is 0.477 e. The lowest BCUT2D eigenvalue weighted by Crippen LogP contribution is -2.38. The molecule has 4 nitrogen and oxygen atoms in total. The van der Waals surface area contributed by atoms with Crippen molar-refractivity contribution >= 4 is 22.7 Å². The van der Waals surface area contributed by atoms with E-state index in [4.69, 9.17) is 5.11 Å². The second-order valence-electron chi connectivity index (χ2n) is 3.92. The van der Waals surface area contributed by atoms with Gasteiger partial charge in [0.2, 0.25) is 12.1 Å². The Morgan fingerprint density at radius 3 is 2.65 bits per heavy atom. The van der Waals surface area contributed by atoms with E-state index >= 15 is 0 Å². The van der Waals surface area contributed by atoms with Crippen LogP contribution < -0.4 is 4.57 Å². The van der Waals surface area contributed by atoms with Crippen LogP contribution in [0.3, 0.4) is 0 Å². The molecule has 0 amide bonds. The Bertz CT molecular complexity index is 605. The van der Waals surface area contributed by atoms with Gasteiger partial charge in [-0.25, -0.2) is 4.79 Å². The van der Waals surface area contributed by atoms with Gasteiger partial charge in [-0.2, -0.15) is 4.57 Å². The maximum Gasteiger partial charge on any atom is 0.341 e. The molecule has 17 heavy (non-hydrogen) atoms. The summed E-state index contributed by atoms with van der Waals surface area (Å²) in [6, 6.07) is 9.00. The maximum absolute atomic E-state index is 11.2. The van der Waals surface area contributed by atoms with Gasteiger partial charge < -0.3 is 5.11 Å². The number of Topliss-reactive ketones (excluding diaryl/α,β-unsaturated/α-hetero) is 1. The third-order valence-electron chi connectivity index (χ3n) is 2.49. The number of para-hydroxylation sites is 1. The number of benzene rings is 1. The fraction of sp³-hybridized carbons (Fsp3) is 0.154. The highest BCUT2D eigenvalue weighted by molar-refractivity contribution is 5.91. The lowest BCUT2D eigenvalue weighted by Gasteiger charge is -2.01. The molecule has 0 bridgehead atoms. The van der Waals surface area contributed by atoms with Crippen molar-refractivity contribution in [3.63, 3.8) is 0 Å². The number of pyridine rings is 1. The Labute approximate surface area is 98.1 Å². The van der Waals surface area contributed by atoms with Gasteiger partial charge in [0, 0.05) is 18.4 Å². The van der Waals surface area contributed by atoms with Gasteiger partial charge in [-0.15, -0.1) is 0 Å². The Balaban J connectivity index is 2.68. The van der Waals surface area contributed by atoms with Crippen molar-refractivity contribution in [3.8, 4) is 0 Å². The Kier molecular flexibility index (Phi) is 2.87. The van der Waals surface area contributed by atoms with Gasteiger partial charge in [0.25, 0.3) is 0 Å². The number of aromatic carboxylic acids is 1. The predicted octanol–water partition coefficient (Wildman–Crippen LogP) is 1.41. The topological polar surface area (TPSA) is 58.2 Å². The van der Waals surface area contributed by atoms with Crippen molar-refractivity contribution < 1.29 is 19.3 Å². The smallest absolute Gasteiger partial charge is 0.341 e. The quantitative estimate of drug-likeness (QED) is 0.811. The molecule has 0 aliphatic rings. The number of nitrogens with zero attached hydrogens (tertiary/aromatic N) is 1. The van der Waals surface area contributed by atoms with Crippen molar-refractivity contribution in [3.05, 3.63) is 42.1 Å². The summed E-state index contributed by atoms with van der Waals surface area (Å²) in [6.07, 6.45) is 1.49. The van der Waals surface area contributed by atoms with E-state index in [1.54, 1.807) is 10.6 Å². The Hall–Kier alpha value is -2.23. The summed E-state index contributed by atoms with van der Waals surface area (Å²) < 4.78 is 1.67. The van der Waals surface area contributed by atoms with Crippen LogP contribution in [0.1, 0.15) is 17.3 Å². The number of fused-ring (bicyclic) bond motifs is 1. The molecule has 0 spiro atoms. The summed E-state index contributed by atoms with van der Waals surface area (Å²) in [6.45, 7) is 1.66. The van der Waals surface area contributed by atoms with Gasteiger partial charge in [-0.1, -0.05) is 12.1 Å². The number of hydrogen-bond acceptors (Lipinski definition) is 2. The van der Waals surface area contributed by atoms with Crippen LogP contribution in [-0.2, 0) is 11.3 Å². The minimum Gasteiger partial charge on any atom is -0.477 e. The molecule has 0 aliphatic carbocycles. The molecule has 2 rings (SSSR count). The summed E-state index contributed by atoms with van der Waals surface area (Å²) in [4.78, 5) is 22.2. The number of hydrogen-bond donors (Lipinski definition) is 1. The molecule has 86 valence electrons. The molecule has 1 heterocycles. The number of aromatic nitrogens is 1. The Morgan fingerprint density at radius 1 is 1.29 bits per heavy atom. The van der Waals surface area contributed by atoms with Crippen molar-refractivity contribution in [2.45, 2.75) is 13.5 Å². The van der Waals surface area contributed by atoms with E-state index in [2.05, 4.69) is 0 Å². The molecule has 1 N–H and O–H groups in total. The van der Waals surface area contributed by atoms with Crippen LogP contribution in [0, 0.1) is 0 Å². The fourth-order valence-electron chi connectivity index (χ4n) is 1.80. The van der Waals surface area contributed by atoms with Gasteiger partial charge in [0.1, 0.15) is 5.56 Å². The van der Waals surface area contributed by atoms with E-state index in [9.17, 15) is 9.59 Å². The highest BCUT2D eigenvalue weighted by atomic mass is 16.4. The molecule has 1 aromatic heterocycles. The highest BCUT2D eigenvalue weighted by Crippen LogP contribution is 2.11. The van der Waals surface area contributed by atoms with Crippen LogP contribution >= 0.6 is 0 Å². The molecule has 0 saturated carbocycles. The van der Waals surface area contributed by atoms with E-state index in [-0.39, 0.29) is 17.9 Å². The number of carbonyl (C=O) groups excluding carboxylic acids is 1. The van der Waals surface area contributed by atoms with Gasteiger partial charge in [-0.3, -0.25) is 4.79 Å². The molecule has 0 fully saturated rings. The molecule has 0 aliphatic heterocycles. The summed E-state index contributed by atoms with van der Waals surface area (Å²) in [7, 11) is 0. The average Bonchev–Trinajstić information content (AvgIpc) is 2.28. The number of carboxylic acids is 1.